The second-order valence-electron chi connectivity index (χ2n) is 6.64. The molecule has 0 saturated heterocycles. The van der Waals surface area contributed by atoms with Crippen molar-refractivity contribution in [3.63, 3.8) is 0 Å². The molecule has 8 nitrogen and oxygen atoms in total. The number of rotatable bonds is 7. The molecule has 0 aromatic heterocycles. The predicted octanol–water partition coefficient (Wildman–Crippen LogP) is 3.36. The van der Waals surface area contributed by atoms with Gasteiger partial charge in [0.1, 0.15) is 0 Å². The number of fused-ring (bicyclic) bond motifs is 1. The lowest BCUT2D eigenvalue weighted by Crippen LogP contribution is -2.36. The molecule has 0 amide bonds. The minimum atomic E-state index is 0. The van der Waals surface area contributed by atoms with Gasteiger partial charge in [0.2, 0.25) is 5.75 Å². The van der Waals surface area contributed by atoms with Crippen molar-refractivity contribution in [2.45, 2.75) is 19.5 Å². The monoisotopic (exact) mass is 543 g/mol. The third-order valence-electron chi connectivity index (χ3n) is 4.68. The minimum absolute atomic E-state index is 0. The number of nitrogens with one attached hydrogen (secondary N) is 2. The smallest absolute Gasteiger partial charge is 0.203 e. The first-order chi connectivity index (χ1) is 14.7. The Labute approximate surface area is 200 Å². The molecule has 2 N–H and O–H groups in total. The Balaban J connectivity index is 0.00000341. The second kappa shape index (κ2) is 12.3. The molecule has 1 heterocycles. The van der Waals surface area contributed by atoms with E-state index in [9.17, 15) is 0 Å². The van der Waals surface area contributed by atoms with E-state index in [1.165, 1.54) is 0 Å². The number of methoxy groups -OCH3 is 3. The SMILES string of the molecule is CN=C(NCc1ccc2c(c1)OCCCO2)NCc1cc(OC)c(OC)c(OC)c1.I. The molecule has 170 valence electrons. The average molecular weight is 543 g/mol. The van der Waals surface area contributed by atoms with Crippen LogP contribution in [0.1, 0.15) is 17.5 Å². The van der Waals surface area contributed by atoms with Crippen molar-refractivity contribution in [2.75, 3.05) is 41.6 Å². The molecular weight excluding hydrogens is 513 g/mol. The zero-order chi connectivity index (χ0) is 21.3. The first kappa shape index (κ1) is 24.7. The maximum atomic E-state index is 5.76. The number of benzene rings is 2. The summed E-state index contributed by atoms with van der Waals surface area (Å²) in [6, 6.07) is 9.79. The van der Waals surface area contributed by atoms with E-state index >= 15 is 0 Å². The minimum Gasteiger partial charge on any atom is -0.493 e. The van der Waals surface area contributed by atoms with Gasteiger partial charge in [-0.3, -0.25) is 4.99 Å². The summed E-state index contributed by atoms with van der Waals surface area (Å²) in [5.41, 5.74) is 2.05. The normalized spacial score (nSPS) is 12.8. The standard InChI is InChI=1S/C22H29N3O5.HI/c1-23-22(24-13-15-6-7-17-18(10-15)30-9-5-8-29-17)25-14-16-11-19(26-2)21(28-4)20(12-16)27-3;/h6-7,10-12H,5,8-9,13-14H2,1-4H3,(H2,23,24,25);1H. The van der Waals surface area contributed by atoms with Crippen molar-refractivity contribution in [2.24, 2.45) is 4.99 Å². The molecule has 0 atom stereocenters. The van der Waals surface area contributed by atoms with Crippen molar-refractivity contribution < 1.29 is 23.7 Å². The highest BCUT2D eigenvalue weighted by atomic mass is 127. The lowest BCUT2D eigenvalue weighted by molar-refractivity contribution is 0.297. The number of aliphatic imine (C=N–C) groups is 1. The molecule has 2 aromatic carbocycles. The molecule has 0 saturated carbocycles. The molecule has 3 rings (SSSR count). The molecule has 2 aromatic rings. The number of halogens is 1. The maximum absolute atomic E-state index is 5.76. The summed E-state index contributed by atoms with van der Waals surface area (Å²) in [5.74, 6) is 4.05. The van der Waals surface area contributed by atoms with E-state index in [1.807, 2.05) is 30.3 Å². The van der Waals surface area contributed by atoms with Crippen LogP contribution in [-0.4, -0.2) is 47.6 Å². The fraction of sp³-hybridized carbons (Fsp3) is 0.409. The van der Waals surface area contributed by atoms with Gasteiger partial charge in [-0.15, -0.1) is 24.0 Å². The summed E-state index contributed by atoms with van der Waals surface area (Å²) in [4.78, 5) is 4.29. The summed E-state index contributed by atoms with van der Waals surface area (Å²) in [7, 11) is 6.52. The highest BCUT2D eigenvalue weighted by Gasteiger charge is 2.14. The molecular formula is C22H30IN3O5. The molecule has 31 heavy (non-hydrogen) atoms. The van der Waals surface area contributed by atoms with Gasteiger partial charge in [-0.1, -0.05) is 6.07 Å². The molecule has 0 bridgehead atoms. The molecule has 0 aliphatic carbocycles. The van der Waals surface area contributed by atoms with Gasteiger partial charge in [0, 0.05) is 26.6 Å². The highest BCUT2D eigenvalue weighted by Crippen LogP contribution is 2.38. The van der Waals surface area contributed by atoms with Crippen LogP contribution in [0.15, 0.2) is 35.3 Å². The summed E-state index contributed by atoms with van der Waals surface area (Å²) in [5, 5.41) is 6.61. The highest BCUT2D eigenvalue weighted by molar-refractivity contribution is 14.0. The lowest BCUT2D eigenvalue weighted by Gasteiger charge is -2.16. The van der Waals surface area contributed by atoms with Crippen molar-refractivity contribution in [3.05, 3.63) is 41.5 Å². The van der Waals surface area contributed by atoms with Crippen LogP contribution < -0.4 is 34.3 Å². The Kier molecular flexibility index (Phi) is 9.83. The summed E-state index contributed by atoms with van der Waals surface area (Å²) >= 11 is 0. The number of nitrogens with zero attached hydrogens (tertiary/aromatic N) is 1. The fourth-order valence-electron chi connectivity index (χ4n) is 3.15. The maximum Gasteiger partial charge on any atom is 0.203 e. The van der Waals surface area contributed by atoms with Crippen LogP contribution in [0.25, 0.3) is 0 Å². The van der Waals surface area contributed by atoms with Crippen molar-refractivity contribution in [3.8, 4) is 28.7 Å². The van der Waals surface area contributed by atoms with Gasteiger partial charge in [-0.2, -0.15) is 0 Å². The lowest BCUT2D eigenvalue weighted by atomic mass is 10.1. The van der Waals surface area contributed by atoms with Crippen molar-refractivity contribution in [1.29, 1.82) is 0 Å². The Bertz CT molecular complexity index is 866. The summed E-state index contributed by atoms with van der Waals surface area (Å²) < 4.78 is 27.6. The van der Waals surface area contributed by atoms with Gasteiger partial charge < -0.3 is 34.3 Å². The molecule has 1 aliphatic heterocycles. The van der Waals surface area contributed by atoms with Crippen LogP contribution in [0.3, 0.4) is 0 Å². The molecule has 1 aliphatic rings. The van der Waals surface area contributed by atoms with E-state index in [-0.39, 0.29) is 24.0 Å². The quantitative estimate of drug-likeness (QED) is 0.315. The fourth-order valence-corrected chi connectivity index (χ4v) is 3.15. The number of hydrogen-bond acceptors (Lipinski definition) is 6. The van der Waals surface area contributed by atoms with Crippen LogP contribution in [0.4, 0.5) is 0 Å². The van der Waals surface area contributed by atoms with Crippen LogP contribution in [0, 0.1) is 0 Å². The number of guanidine groups is 1. The van der Waals surface area contributed by atoms with Crippen LogP contribution in [0.5, 0.6) is 28.7 Å². The van der Waals surface area contributed by atoms with E-state index in [0.717, 1.165) is 29.0 Å². The van der Waals surface area contributed by atoms with Crippen molar-refractivity contribution >= 4 is 29.9 Å². The van der Waals surface area contributed by atoms with Gasteiger partial charge in [0.25, 0.3) is 0 Å². The first-order valence-corrected chi connectivity index (χ1v) is 9.80. The Hall–Kier alpha value is -2.56. The first-order valence-electron chi connectivity index (χ1n) is 9.80. The Morgan fingerprint density at radius 1 is 0.871 bits per heavy atom. The average Bonchev–Trinajstić information content (AvgIpc) is 3.03. The third-order valence-corrected chi connectivity index (χ3v) is 4.68. The molecule has 0 radical (unpaired) electrons. The van der Waals surface area contributed by atoms with E-state index in [0.29, 0.717) is 49.5 Å². The summed E-state index contributed by atoms with van der Waals surface area (Å²) in [6.07, 6.45) is 0.889. The Morgan fingerprint density at radius 2 is 1.48 bits per heavy atom. The largest absolute Gasteiger partial charge is 0.493 e. The van der Waals surface area contributed by atoms with Gasteiger partial charge >= 0.3 is 0 Å². The van der Waals surface area contributed by atoms with E-state index in [2.05, 4.69) is 15.6 Å². The van der Waals surface area contributed by atoms with E-state index in [4.69, 9.17) is 23.7 Å². The van der Waals surface area contributed by atoms with Crippen molar-refractivity contribution in [1.82, 2.24) is 10.6 Å². The van der Waals surface area contributed by atoms with E-state index in [1.54, 1.807) is 28.4 Å². The topological polar surface area (TPSA) is 82.6 Å². The molecule has 0 unspecified atom stereocenters. The molecule has 0 spiro atoms. The van der Waals surface area contributed by atoms with Gasteiger partial charge in [0.05, 0.1) is 34.5 Å². The second-order valence-corrected chi connectivity index (χ2v) is 6.64. The van der Waals surface area contributed by atoms with Gasteiger partial charge in [-0.25, -0.2) is 0 Å². The third kappa shape index (κ3) is 6.46. The number of ether oxygens (including phenoxy) is 5. The zero-order valence-electron chi connectivity index (χ0n) is 18.3. The number of hydrogen-bond donors (Lipinski definition) is 2. The predicted molar refractivity (Wildman–Crippen MR) is 131 cm³/mol. The van der Waals surface area contributed by atoms with E-state index < -0.39 is 0 Å². The van der Waals surface area contributed by atoms with Gasteiger partial charge in [-0.05, 0) is 35.4 Å². The Morgan fingerprint density at radius 3 is 2.06 bits per heavy atom. The summed E-state index contributed by atoms with van der Waals surface area (Å²) in [6.45, 7) is 2.49. The zero-order valence-corrected chi connectivity index (χ0v) is 20.6. The van der Waals surface area contributed by atoms with Gasteiger partial charge in [0.15, 0.2) is 29.0 Å². The van der Waals surface area contributed by atoms with Crippen LogP contribution in [0.2, 0.25) is 0 Å². The van der Waals surface area contributed by atoms with Crippen LogP contribution >= 0.6 is 24.0 Å². The molecule has 9 heteroatoms. The molecule has 0 fully saturated rings. The van der Waals surface area contributed by atoms with Crippen LogP contribution in [-0.2, 0) is 13.1 Å².